The zero-order chi connectivity index (χ0) is 13.3. The van der Waals surface area contributed by atoms with Gasteiger partial charge in [-0.05, 0) is 13.5 Å². The Morgan fingerprint density at radius 2 is 1.89 bits per heavy atom. The van der Waals surface area contributed by atoms with Gasteiger partial charge in [0.15, 0.2) is 0 Å². The summed E-state index contributed by atoms with van der Waals surface area (Å²) < 4.78 is 39.7. The highest BCUT2D eigenvalue weighted by atomic mass is 35.5. The van der Waals surface area contributed by atoms with E-state index in [2.05, 4.69) is 5.32 Å². The molecule has 1 aliphatic heterocycles. The van der Waals surface area contributed by atoms with Crippen LogP contribution in [0.4, 0.5) is 13.2 Å². The average Bonchev–Trinajstić information content (AvgIpc) is 2.75. The summed E-state index contributed by atoms with van der Waals surface area (Å²) in [6, 6.07) is 1.16. The highest BCUT2D eigenvalue weighted by Gasteiger charge is 2.29. The smallest absolute Gasteiger partial charge is 0.259 e. The van der Waals surface area contributed by atoms with Crippen LogP contribution in [0.3, 0.4) is 0 Å². The van der Waals surface area contributed by atoms with Crippen LogP contribution in [0.2, 0.25) is 0 Å². The van der Waals surface area contributed by atoms with Gasteiger partial charge in [-0.3, -0.25) is 4.79 Å². The quantitative estimate of drug-likeness (QED) is 0.904. The van der Waals surface area contributed by atoms with Gasteiger partial charge in [-0.15, -0.1) is 12.4 Å². The summed E-state index contributed by atoms with van der Waals surface area (Å²) in [4.78, 5) is 13.3. The Balaban J connectivity index is 0.00000180. The van der Waals surface area contributed by atoms with Crippen molar-refractivity contribution in [1.29, 1.82) is 0 Å². The predicted molar refractivity (Wildman–Crippen MR) is 66.9 cm³/mol. The molecule has 0 saturated carbocycles. The second-order valence-corrected chi connectivity index (χ2v) is 4.27. The lowest BCUT2D eigenvalue weighted by Gasteiger charge is -2.17. The Morgan fingerprint density at radius 3 is 2.37 bits per heavy atom. The molecular formula is C12H14ClF3N2O. The van der Waals surface area contributed by atoms with E-state index in [1.165, 1.54) is 4.90 Å². The summed E-state index contributed by atoms with van der Waals surface area (Å²) in [6.07, 6.45) is 0.729. The molecule has 19 heavy (non-hydrogen) atoms. The number of likely N-dealkylation sites (N-methyl/N-ethyl adjacent to an activating group) is 1. The maximum absolute atomic E-state index is 13.5. The minimum absolute atomic E-state index is 0. The number of hydrogen-bond donors (Lipinski definition) is 1. The molecule has 1 amide bonds. The Bertz CT molecular complexity index is 461. The lowest BCUT2D eigenvalue weighted by atomic mass is 10.1. The van der Waals surface area contributed by atoms with E-state index in [4.69, 9.17) is 0 Å². The van der Waals surface area contributed by atoms with Gasteiger partial charge in [0, 0.05) is 31.3 Å². The third-order valence-electron chi connectivity index (χ3n) is 3.10. The summed E-state index contributed by atoms with van der Waals surface area (Å²) in [5, 5.41) is 3.00. The summed E-state index contributed by atoms with van der Waals surface area (Å²) in [6.45, 7) is 0.826. The lowest BCUT2D eigenvalue weighted by Crippen LogP contribution is -2.34. The standard InChI is InChI=1S/C12H13F3N2O.ClH/c1-16-8-2-3-17(6-8)12(18)11-9(14)4-7(13)5-10(11)15;/h4-5,8,16H,2-3,6H2,1H3;1H. The molecule has 3 nitrogen and oxygen atoms in total. The highest BCUT2D eigenvalue weighted by Crippen LogP contribution is 2.19. The first-order chi connectivity index (χ1) is 8.52. The van der Waals surface area contributed by atoms with Crippen LogP contribution in [-0.4, -0.2) is 37.0 Å². The molecule has 0 radical (unpaired) electrons. The summed E-state index contributed by atoms with van der Waals surface area (Å²) in [5.41, 5.74) is -0.687. The average molecular weight is 295 g/mol. The molecule has 1 N–H and O–H groups in total. The van der Waals surface area contributed by atoms with Crippen molar-refractivity contribution < 1.29 is 18.0 Å². The third-order valence-corrected chi connectivity index (χ3v) is 3.10. The maximum atomic E-state index is 13.5. The Labute approximate surface area is 115 Å². The van der Waals surface area contributed by atoms with Gasteiger partial charge in [-0.1, -0.05) is 0 Å². The maximum Gasteiger partial charge on any atom is 0.259 e. The number of nitrogens with zero attached hydrogens (tertiary/aromatic N) is 1. The highest BCUT2D eigenvalue weighted by molar-refractivity contribution is 5.95. The van der Waals surface area contributed by atoms with Crippen LogP contribution < -0.4 is 5.32 Å². The Hall–Kier alpha value is -1.27. The summed E-state index contributed by atoms with van der Waals surface area (Å²) in [5.74, 6) is -4.09. The van der Waals surface area contributed by atoms with Crippen molar-refractivity contribution in [3.05, 3.63) is 35.1 Å². The van der Waals surface area contributed by atoms with Crippen LogP contribution in [0.15, 0.2) is 12.1 Å². The van der Waals surface area contributed by atoms with E-state index in [0.717, 1.165) is 6.42 Å². The molecule has 0 bridgehead atoms. The van der Waals surface area contributed by atoms with Gasteiger partial charge >= 0.3 is 0 Å². The fourth-order valence-electron chi connectivity index (χ4n) is 2.08. The molecule has 1 aromatic carbocycles. The summed E-state index contributed by atoms with van der Waals surface area (Å²) in [7, 11) is 1.76. The number of carbonyl (C=O) groups excluding carboxylic acids is 1. The largest absolute Gasteiger partial charge is 0.337 e. The first-order valence-electron chi connectivity index (χ1n) is 5.64. The van der Waals surface area contributed by atoms with E-state index < -0.39 is 28.9 Å². The fourth-order valence-corrected chi connectivity index (χ4v) is 2.08. The first-order valence-corrected chi connectivity index (χ1v) is 5.64. The number of amides is 1. The molecule has 1 aliphatic rings. The molecule has 1 aromatic rings. The molecular weight excluding hydrogens is 281 g/mol. The van der Waals surface area contributed by atoms with E-state index in [1.54, 1.807) is 7.05 Å². The number of hydrogen-bond acceptors (Lipinski definition) is 2. The molecule has 7 heteroatoms. The van der Waals surface area contributed by atoms with Gasteiger partial charge in [-0.2, -0.15) is 0 Å². The van der Waals surface area contributed by atoms with E-state index >= 15 is 0 Å². The van der Waals surface area contributed by atoms with Crippen molar-refractivity contribution in [1.82, 2.24) is 10.2 Å². The van der Waals surface area contributed by atoms with Gasteiger partial charge in [-0.25, -0.2) is 13.2 Å². The van der Waals surface area contributed by atoms with Crippen LogP contribution in [0, 0.1) is 17.5 Å². The van der Waals surface area contributed by atoms with Crippen LogP contribution >= 0.6 is 12.4 Å². The molecule has 1 saturated heterocycles. The fraction of sp³-hybridized carbons (Fsp3) is 0.417. The zero-order valence-electron chi connectivity index (χ0n) is 10.3. The van der Waals surface area contributed by atoms with Gasteiger partial charge in [0.25, 0.3) is 5.91 Å². The van der Waals surface area contributed by atoms with Crippen molar-refractivity contribution in [2.24, 2.45) is 0 Å². The number of nitrogens with one attached hydrogen (secondary N) is 1. The van der Waals surface area contributed by atoms with Gasteiger partial charge in [0.05, 0.1) is 0 Å². The molecule has 1 atom stereocenters. The van der Waals surface area contributed by atoms with Crippen LogP contribution in [0.1, 0.15) is 16.8 Å². The van der Waals surface area contributed by atoms with Crippen LogP contribution in [-0.2, 0) is 0 Å². The van der Waals surface area contributed by atoms with E-state index in [9.17, 15) is 18.0 Å². The van der Waals surface area contributed by atoms with Gasteiger partial charge in [0.2, 0.25) is 0 Å². The normalized spacial score (nSPS) is 18.3. The molecule has 0 aromatic heterocycles. The summed E-state index contributed by atoms with van der Waals surface area (Å²) >= 11 is 0. The number of carbonyl (C=O) groups is 1. The topological polar surface area (TPSA) is 32.3 Å². The van der Waals surface area contributed by atoms with E-state index in [0.29, 0.717) is 25.2 Å². The van der Waals surface area contributed by atoms with Crippen LogP contribution in [0.5, 0.6) is 0 Å². The minimum Gasteiger partial charge on any atom is -0.337 e. The molecule has 0 spiro atoms. The second kappa shape index (κ2) is 6.25. The minimum atomic E-state index is -1.16. The van der Waals surface area contributed by atoms with E-state index in [1.807, 2.05) is 0 Å². The Kier molecular flexibility index (Phi) is 5.20. The van der Waals surface area contributed by atoms with Crippen molar-refractivity contribution in [2.75, 3.05) is 20.1 Å². The molecule has 1 fully saturated rings. The number of likely N-dealkylation sites (tertiary alicyclic amines) is 1. The van der Waals surface area contributed by atoms with Crippen molar-refractivity contribution >= 4 is 18.3 Å². The van der Waals surface area contributed by atoms with Gasteiger partial charge < -0.3 is 10.2 Å². The number of benzene rings is 1. The third kappa shape index (κ3) is 3.19. The number of halogens is 4. The number of rotatable bonds is 2. The molecule has 106 valence electrons. The molecule has 1 unspecified atom stereocenters. The molecule has 2 rings (SSSR count). The monoisotopic (exact) mass is 294 g/mol. The van der Waals surface area contributed by atoms with E-state index in [-0.39, 0.29) is 18.4 Å². The van der Waals surface area contributed by atoms with Crippen molar-refractivity contribution in [2.45, 2.75) is 12.5 Å². The zero-order valence-corrected chi connectivity index (χ0v) is 11.1. The Morgan fingerprint density at radius 1 is 1.32 bits per heavy atom. The van der Waals surface area contributed by atoms with Crippen molar-refractivity contribution in [3.63, 3.8) is 0 Å². The van der Waals surface area contributed by atoms with Gasteiger partial charge in [0.1, 0.15) is 23.0 Å². The molecule has 1 heterocycles. The van der Waals surface area contributed by atoms with Crippen molar-refractivity contribution in [3.8, 4) is 0 Å². The predicted octanol–water partition coefficient (Wildman–Crippen LogP) is 1.96. The molecule has 0 aliphatic carbocycles. The first kappa shape index (κ1) is 15.8. The van der Waals surface area contributed by atoms with Crippen LogP contribution in [0.25, 0.3) is 0 Å². The second-order valence-electron chi connectivity index (χ2n) is 4.27. The lowest BCUT2D eigenvalue weighted by molar-refractivity contribution is 0.0780. The SMILES string of the molecule is CNC1CCN(C(=O)c2c(F)cc(F)cc2F)C1.Cl.